The quantitative estimate of drug-likeness (QED) is 0.770. The second kappa shape index (κ2) is 6.61. The first-order chi connectivity index (χ1) is 7.88. The molecule has 0 aromatic carbocycles. The van der Waals surface area contributed by atoms with Crippen LogP contribution in [0.15, 0.2) is 0 Å². The van der Waals surface area contributed by atoms with Crippen LogP contribution in [0.5, 0.6) is 0 Å². The second-order valence-corrected chi connectivity index (χ2v) is 5.68. The lowest BCUT2D eigenvalue weighted by atomic mass is 9.83. The monoisotopic (exact) mass is 224 g/mol. The molecule has 16 heavy (non-hydrogen) atoms. The summed E-state index contributed by atoms with van der Waals surface area (Å²) < 4.78 is 0. The summed E-state index contributed by atoms with van der Waals surface area (Å²) in [6, 6.07) is 1.61. The van der Waals surface area contributed by atoms with E-state index in [2.05, 4.69) is 17.6 Å². The van der Waals surface area contributed by atoms with Gasteiger partial charge in [-0.25, -0.2) is 0 Å². The number of rotatable bonds is 3. The van der Waals surface area contributed by atoms with Crippen molar-refractivity contribution in [3.63, 3.8) is 0 Å². The van der Waals surface area contributed by atoms with E-state index < -0.39 is 0 Å². The highest BCUT2D eigenvalue weighted by atomic mass is 15.0. The fourth-order valence-electron chi connectivity index (χ4n) is 3.33. The molecule has 94 valence electrons. The van der Waals surface area contributed by atoms with Crippen LogP contribution in [0.2, 0.25) is 0 Å². The average Bonchev–Trinajstić information content (AvgIpc) is 2.58. The Balaban J connectivity index is 1.74. The van der Waals surface area contributed by atoms with Crippen LogP contribution in [0.25, 0.3) is 0 Å². The van der Waals surface area contributed by atoms with E-state index in [0.717, 1.165) is 18.0 Å². The van der Waals surface area contributed by atoms with Crippen LogP contribution in [0.3, 0.4) is 0 Å². The van der Waals surface area contributed by atoms with Crippen molar-refractivity contribution in [2.75, 3.05) is 13.1 Å². The minimum atomic E-state index is 0.788. The summed E-state index contributed by atoms with van der Waals surface area (Å²) in [6.45, 7) is 4.78. The topological polar surface area (TPSA) is 24.1 Å². The number of hydrogen-bond donors (Lipinski definition) is 2. The molecule has 3 atom stereocenters. The Morgan fingerprint density at radius 3 is 2.75 bits per heavy atom. The predicted molar refractivity (Wildman–Crippen MR) is 69.7 cm³/mol. The van der Waals surface area contributed by atoms with Crippen molar-refractivity contribution >= 4 is 0 Å². The van der Waals surface area contributed by atoms with Crippen molar-refractivity contribution in [1.29, 1.82) is 0 Å². The van der Waals surface area contributed by atoms with Gasteiger partial charge in [0.15, 0.2) is 0 Å². The van der Waals surface area contributed by atoms with Gasteiger partial charge in [-0.1, -0.05) is 26.2 Å². The Morgan fingerprint density at radius 2 is 1.88 bits per heavy atom. The van der Waals surface area contributed by atoms with Gasteiger partial charge in [0, 0.05) is 12.1 Å². The van der Waals surface area contributed by atoms with Crippen molar-refractivity contribution in [2.45, 2.75) is 70.4 Å². The van der Waals surface area contributed by atoms with E-state index in [1.807, 2.05) is 0 Å². The highest BCUT2D eigenvalue weighted by Crippen LogP contribution is 2.27. The van der Waals surface area contributed by atoms with Crippen LogP contribution in [-0.2, 0) is 0 Å². The second-order valence-electron chi connectivity index (χ2n) is 5.68. The molecule has 2 nitrogen and oxygen atoms in total. The molecule has 1 aliphatic carbocycles. The first-order valence-electron chi connectivity index (χ1n) is 7.35. The molecular formula is C14H28N2. The number of nitrogens with one attached hydrogen (secondary N) is 2. The summed E-state index contributed by atoms with van der Waals surface area (Å²) in [5.41, 5.74) is 0. The van der Waals surface area contributed by atoms with E-state index in [4.69, 9.17) is 0 Å². The fourth-order valence-corrected chi connectivity index (χ4v) is 3.33. The Bertz CT molecular complexity index is 185. The average molecular weight is 224 g/mol. The van der Waals surface area contributed by atoms with Crippen LogP contribution in [0.4, 0.5) is 0 Å². The molecule has 0 aromatic heterocycles. The minimum Gasteiger partial charge on any atom is -0.317 e. The lowest BCUT2D eigenvalue weighted by Gasteiger charge is -2.32. The summed E-state index contributed by atoms with van der Waals surface area (Å²) in [5, 5.41) is 7.42. The van der Waals surface area contributed by atoms with Crippen molar-refractivity contribution in [3.05, 3.63) is 0 Å². The molecular weight excluding hydrogens is 196 g/mol. The largest absolute Gasteiger partial charge is 0.317 e. The van der Waals surface area contributed by atoms with Gasteiger partial charge in [0.2, 0.25) is 0 Å². The minimum absolute atomic E-state index is 0.788. The van der Waals surface area contributed by atoms with E-state index in [0.29, 0.717) is 0 Å². The van der Waals surface area contributed by atoms with Crippen LogP contribution in [-0.4, -0.2) is 25.2 Å². The SMILES string of the molecule is CCC1CCCC(NC2CCCNCC2)C1. The number of hydrogen-bond acceptors (Lipinski definition) is 2. The van der Waals surface area contributed by atoms with Crippen molar-refractivity contribution < 1.29 is 0 Å². The van der Waals surface area contributed by atoms with Crippen LogP contribution in [0, 0.1) is 5.92 Å². The maximum absolute atomic E-state index is 3.92. The van der Waals surface area contributed by atoms with Crippen LogP contribution in [0.1, 0.15) is 58.3 Å². The van der Waals surface area contributed by atoms with E-state index in [1.165, 1.54) is 64.5 Å². The summed E-state index contributed by atoms with van der Waals surface area (Å²) in [7, 11) is 0. The zero-order valence-electron chi connectivity index (χ0n) is 10.8. The smallest absolute Gasteiger partial charge is 0.00822 e. The lowest BCUT2D eigenvalue weighted by Crippen LogP contribution is -2.41. The fraction of sp³-hybridized carbons (Fsp3) is 1.00. The first-order valence-corrected chi connectivity index (χ1v) is 7.35. The summed E-state index contributed by atoms with van der Waals surface area (Å²) in [6.07, 6.45) is 11.2. The van der Waals surface area contributed by atoms with Gasteiger partial charge in [-0.05, 0) is 51.1 Å². The Hall–Kier alpha value is -0.0800. The molecule has 1 saturated carbocycles. The standard InChI is InChI=1S/C14H28N2/c1-2-12-5-3-6-14(11-12)16-13-7-4-9-15-10-8-13/h12-16H,2-11H2,1H3. The zero-order valence-corrected chi connectivity index (χ0v) is 10.8. The third-order valence-electron chi connectivity index (χ3n) is 4.41. The van der Waals surface area contributed by atoms with Crippen molar-refractivity contribution in [2.24, 2.45) is 5.92 Å². The molecule has 0 bridgehead atoms. The van der Waals surface area contributed by atoms with Gasteiger partial charge >= 0.3 is 0 Å². The summed E-state index contributed by atoms with van der Waals surface area (Å²) in [4.78, 5) is 0. The molecule has 1 saturated heterocycles. The van der Waals surface area contributed by atoms with Gasteiger partial charge in [-0.2, -0.15) is 0 Å². The van der Waals surface area contributed by atoms with Crippen molar-refractivity contribution in [3.8, 4) is 0 Å². The normalized spacial score (nSPS) is 36.9. The Kier molecular flexibility index (Phi) is 5.11. The molecule has 2 rings (SSSR count). The molecule has 0 amide bonds. The van der Waals surface area contributed by atoms with Gasteiger partial charge in [0.25, 0.3) is 0 Å². The molecule has 1 heterocycles. The third-order valence-corrected chi connectivity index (χ3v) is 4.41. The summed E-state index contributed by atoms with van der Waals surface area (Å²) >= 11 is 0. The molecule has 0 radical (unpaired) electrons. The van der Waals surface area contributed by atoms with E-state index in [9.17, 15) is 0 Å². The van der Waals surface area contributed by atoms with E-state index in [1.54, 1.807) is 0 Å². The van der Waals surface area contributed by atoms with Crippen molar-refractivity contribution in [1.82, 2.24) is 10.6 Å². The Morgan fingerprint density at radius 1 is 1.00 bits per heavy atom. The zero-order chi connectivity index (χ0) is 11.2. The molecule has 2 fully saturated rings. The third kappa shape index (κ3) is 3.74. The van der Waals surface area contributed by atoms with Gasteiger partial charge in [0.1, 0.15) is 0 Å². The van der Waals surface area contributed by atoms with Gasteiger partial charge in [-0.3, -0.25) is 0 Å². The van der Waals surface area contributed by atoms with Crippen LogP contribution < -0.4 is 10.6 Å². The molecule has 2 N–H and O–H groups in total. The maximum atomic E-state index is 3.92. The molecule has 2 heteroatoms. The van der Waals surface area contributed by atoms with Gasteiger partial charge in [0.05, 0.1) is 0 Å². The van der Waals surface area contributed by atoms with E-state index in [-0.39, 0.29) is 0 Å². The molecule has 1 aliphatic heterocycles. The highest BCUT2D eigenvalue weighted by Gasteiger charge is 2.23. The van der Waals surface area contributed by atoms with Gasteiger partial charge in [-0.15, -0.1) is 0 Å². The van der Waals surface area contributed by atoms with E-state index >= 15 is 0 Å². The molecule has 2 aliphatic rings. The molecule has 0 aromatic rings. The predicted octanol–water partition coefficient (Wildman–Crippen LogP) is 2.69. The summed E-state index contributed by atoms with van der Waals surface area (Å²) in [5.74, 6) is 0.996. The van der Waals surface area contributed by atoms with Gasteiger partial charge < -0.3 is 10.6 Å². The molecule has 0 spiro atoms. The molecule has 3 unspecified atom stereocenters. The Labute approximate surface area is 101 Å². The lowest BCUT2D eigenvalue weighted by molar-refractivity contribution is 0.255. The van der Waals surface area contributed by atoms with Crippen LogP contribution >= 0.6 is 0 Å². The first kappa shape index (κ1) is 12.4. The maximum Gasteiger partial charge on any atom is 0.00822 e. The highest BCUT2D eigenvalue weighted by molar-refractivity contribution is 4.82.